The van der Waals surface area contributed by atoms with Crippen LogP contribution >= 0.6 is 0 Å². The Kier molecular flexibility index (Phi) is 4.61. The van der Waals surface area contributed by atoms with E-state index in [1.807, 2.05) is 51.1 Å². The van der Waals surface area contributed by atoms with Crippen LogP contribution in [0.4, 0.5) is 0 Å². The maximum absolute atomic E-state index is 12.5. The molecule has 1 fully saturated rings. The fraction of sp³-hybridized carbons (Fsp3) is 0.450. The molecule has 1 amide bonds. The zero-order valence-electron chi connectivity index (χ0n) is 15.6. The third-order valence-corrected chi connectivity index (χ3v) is 5.06. The lowest BCUT2D eigenvalue weighted by atomic mass is 10.1. The van der Waals surface area contributed by atoms with E-state index < -0.39 is 16.8 Å². The monoisotopic (exact) mass is 355 g/mol. The van der Waals surface area contributed by atoms with Gasteiger partial charge in [-0.3, -0.25) is 19.1 Å². The van der Waals surface area contributed by atoms with Gasteiger partial charge < -0.3 is 5.32 Å². The first kappa shape index (κ1) is 18.2. The van der Waals surface area contributed by atoms with E-state index in [0.717, 1.165) is 0 Å². The van der Waals surface area contributed by atoms with Crippen molar-refractivity contribution in [1.29, 1.82) is 0 Å². The lowest BCUT2D eigenvalue weighted by molar-refractivity contribution is -0.122. The number of benzene rings is 1. The summed E-state index contributed by atoms with van der Waals surface area (Å²) in [4.78, 5) is 38.9. The highest BCUT2D eigenvalue weighted by molar-refractivity contribution is 5.83. The van der Waals surface area contributed by atoms with Crippen molar-refractivity contribution in [2.75, 3.05) is 0 Å². The van der Waals surface area contributed by atoms with Gasteiger partial charge in [-0.15, -0.1) is 0 Å². The van der Waals surface area contributed by atoms with E-state index in [4.69, 9.17) is 0 Å². The van der Waals surface area contributed by atoms with Crippen LogP contribution in [0.2, 0.25) is 0 Å². The second-order valence-corrected chi connectivity index (χ2v) is 7.99. The molecule has 1 saturated carbocycles. The lowest BCUT2D eigenvalue weighted by Gasteiger charge is -2.22. The minimum Gasteiger partial charge on any atom is -0.351 e. The van der Waals surface area contributed by atoms with E-state index >= 15 is 0 Å². The molecule has 1 aliphatic carbocycles. The van der Waals surface area contributed by atoms with Crippen molar-refractivity contribution in [2.24, 2.45) is 11.8 Å². The SMILES string of the molecule is CC1C(C(=O)NCc2cn(C(C)(C)C)c(=O)[nH]c2=O)C1c1ccccc1. The molecule has 1 aliphatic rings. The molecule has 6 heteroatoms. The number of nitrogens with zero attached hydrogens (tertiary/aromatic N) is 1. The summed E-state index contributed by atoms with van der Waals surface area (Å²) < 4.78 is 1.47. The molecule has 3 atom stereocenters. The van der Waals surface area contributed by atoms with Gasteiger partial charge in [-0.25, -0.2) is 4.79 Å². The van der Waals surface area contributed by atoms with E-state index in [-0.39, 0.29) is 30.2 Å². The van der Waals surface area contributed by atoms with E-state index in [1.54, 1.807) is 0 Å². The first-order valence-corrected chi connectivity index (χ1v) is 8.88. The van der Waals surface area contributed by atoms with Crippen molar-refractivity contribution in [3.05, 3.63) is 68.5 Å². The van der Waals surface area contributed by atoms with Gasteiger partial charge >= 0.3 is 5.69 Å². The van der Waals surface area contributed by atoms with Crippen molar-refractivity contribution >= 4 is 5.91 Å². The van der Waals surface area contributed by atoms with Gasteiger partial charge in [0, 0.05) is 24.2 Å². The number of carbonyl (C=O) groups excluding carboxylic acids is 1. The smallest absolute Gasteiger partial charge is 0.328 e. The molecular weight excluding hydrogens is 330 g/mol. The van der Waals surface area contributed by atoms with Crippen LogP contribution in [0.25, 0.3) is 0 Å². The van der Waals surface area contributed by atoms with Crippen molar-refractivity contribution < 1.29 is 4.79 Å². The van der Waals surface area contributed by atoms with Gasteiger partial charge in [0.15, 0.2) is 0 Å². The van der Waals surface area contributed by atoms with Gasteiger partial charge in [-0.1, -0.05) is 37.3 Å². The quantitative estimate of drug-likeness (QED) is 0.879. The Morgan fingerprint density at radius 1 is 1.19 bits per heavy atom. The summed E-state index contributed by atoms with van der Waals surface area (Å²) in [5.74, 6) is 0.362. The summed E-state index contributed by atoms with van der Waals surface area (Å²) in [7, 11) is 0. The number of H-pyrrole nitrogens is 1. The molecule has 3 rings (SSSR count). The Labute approximate surface area is 152 Å². The van der Waals surface area contributed by atoms with Crippen molar-refractivity contribution in [3.63, 3.8) is 0 Å². The predicted octanol–water partition coefficient (Wildman–Crippen LogP) is 1.96. The number of rotatable bonds is 4. The molecule has 138 valence electrons. The lowest BCUT2D eigenvalue weighted by Crippen LogP contribution is -2.40. The van der Waals surface area contributed by atoms with Gasteiger partial charge in [-0.2, -0.15) is 0 Å². The Morgan fingerprint density at radius 3 is 2.46 bits per heavy atom. The molecule has 1 aromatic carbocycles. The zero-order valence-corrected chi connectivity index (χ0v) is 15.6. The van der Waals surface area contributed by atoms with Crippen LogP contribution in [0.5, 0.6) is 0 Å². The number of amides is 1. The third-order valence-electron chi connectivity index (χ3n) is 5.06. The first-order valence-electron chi connectivity index (χ1n) is 8.88. The highest BCUT2D eigenvalue weighted by Gasteiger charge is 2.52. The number of aromatic amines is 1. The average molecular weight is 355 g/mol. The Balaban J connectivity index is 1.71. The van der Waals surface area contributed by atoms with Gasteiger partial charge in [0.25, 0.3) is 5.56 Å². The molecule has 0 aliphatic heterocycles. The molecule has 2 N–H and O–H groups in total. The van der Waals surface area contributed by atoms with Gasteiger partial charge in [0.05, 0.1) is 5.56 Å². The van der Waals surface area contributed by atoms with E-state index in [2.05, 4.69) is 17.2 Å². The van der Waals surface area contributed by atoms with Crippen LogP contribution in [-0.4, -0.2) is 15.5 Å². The number of hydrogen-bond acceptors (Lipinski definition) is 3. The molecule has 1 heterocycles. The largest absolute Gasteiger partial charge is 0.351 e. The predicted molar refractivity (Wildman–Crippen MR) is 100 cm³/mol. The minimum absolute atomic E-state index is 0.0562. The molecule has 6 nitrogen and oxygen atoms in total. The fourth-order valence-electron chi connectivity index (χ4n) is 3.49. The standard InChI is InChI=1S/C20H25N3O3/c1-12-15(13-8-6-5-7-9-13)16(12)18(25)21-10-14-11-23(20(2,3)4)19(26)22-17(14)24/h5-9,11-12,15-16H,10H2,1-4H3,(H,21,25)(H,22,24,26). The summed E-state index contributed by atoms with van der Waals surface area (Å²) in [6.07, 6.45) is 1.53. The maximum atomic E-state index is 12.5. The summed E-state index contributed by atoms with van der Waals surface area (Å²) in [6, 6.07) is 9.99. The Bertz CT molecular complexity index is 922. The Hall–Kier alpha value is -2.63. The normalized spacial score (nSPS) is 22.1. The topological polar surface area (TPSA) is 84.0 Å². The molecule has 3 unspecified atom stereocenters. The van der Waals surface area contributed by atoms with Gasteiger partial charge in [-0.05, 0) is 38.2 Å². The summed E-state index contributed by atoms with van der Waals surface area (Å²) in [5, 5.41) is 2.86. The molecule has 0 radical (unpaired) electrons. The van der Waals surface area contributed by atoms with Crippen molar-refractivity contribution in [1.82, 2.24) is 14.9 Å². The van der Waals surface area contributed by atoms with Crippen molar-refractivity contribution in [3.8, 4) is 0 Å². The number of nitrogens with one attached hydrogen (secondary N) is 2. The van der Waals surface area contributed by atoms with Gasteiger partial charge in [0.1, 0.15) is 0 Å². The summed E-state index contributed by atoms with van der Waals surface area (Å²) in [5.41, 5.74) is 0.178. The maximum Gasteiger partial charge on any atom is 0.328 e. The number of hydrogen-bond donors (Lipinski definition) is 2. The van der Waals surface area contributed by atoms with E-state index in [0.29, 0.717) is 5.56 Å². The highest BCUT2D eigenvalue weighted by atomic mass is 16.2. The van der Waals surface area contributed by atoms with Crippen LogP contribution < -0.4 is 16.6 Å². The molecule has 0 spiro atoms. The highest BCUT2D eigenvalue weighted by Crippen LogP contribution is 2.53. The molecule has 1 aromatic heterocycles. The third kappa shape index (κ3) is 3.49. The fourth-order valence-corrected chi connectivity index (χ4v) is 3.49. The van der Waals surface area contributed by atoms with Gasteiger partial charge in [0.2, 0.25) is 5.91 Å². The van der Waals surface area contributed by atoms with Crippen molar-refractivity contribution in [2.45, 2.75) is 45.7 Å². The van der Waals surface area contributed by atoms with Crippen LogP contribution in [0, 0.1) is 11.8 Å². The zero-order chi connectivity index (χ0) is 19.1. The molecule has 26 heavy (non-hydrogen) atoms. The van der Waals surface area contributed by atoms with Crippen LogP contribution in [0.15, 0.2) is 46.1 Å². The first-order chi connectivity index (χ1) is 12.2. The summed E-state index contributed by atoms with van der Waals surface area (Å²) >= 11 is 0. The van der Waals surface area contributed by atoms with Crippen LogP contribution in [-0.2, 0) is 16.9 Å². The number of aromatic nitrogens is 2. The Morgan fingerprint density at radius 2 is 1.85 bits per heavy atom. The van der Waals surface area contributed by atoms with Crippen LogP contribution in [0.3, 0.4) is 0 Å². The second kappa shape index (κ2) is 6.59. The summed E-state index contributed by atoms with van der Waals surface area (Å²) in [6.45, 7) is 7.81. The average Bonchev–Trinajstić information content (AvgIpc) is 3.24. The number of carbonyl (C=O) groups is 1. The molecular formula is C20H25N3O3. The van der Waals surface area contributed by atoms with E-state index in [9.17, 15) is 14.4 Å². The van der Waals surface area contributed by atoms with Crippen LogP contribution in [0.1, 0.15) is 44.7 Å². The second-order valence-electron chi connectivity index (χ2n) is 7.99. The molecule has 0 saturated heterocycles. The van der Waals surface area contributed by atoms with E-state index in [1.165, 1.54) is 16.3 Å². The molecule has 0 bridgehead atoms. The molecule has 2 aromatic rings. The minimum atomic E-state index is -0.459.